The number of amides is 2. The second kappa shape index (κ2) is 9.11. The number of hydrogen-bond acceptors (Lipinski definition) is 5. The number of piperidine rings is 1. The van der Waals surface area contributed by atoms with Gasteiger partial charge in [-0.2, -0.15) is 0 Å². The zero-order valence-corrected chi connectivity index (χ0v) is 16.2. The molecule has 152 valence electrons. The van der Waals surface area contributed by atoms with E-state index < -0.39 is 23.5 Å². The Morgan fingerprint density at radius 1 is 1.29 bits per heavy atom. The summed E-state index contributed by atoms with van der Waals surface area (Å²) in [7, 11) is 3.33. The Bertz CT molecular complexity index is 859. The Balaban J connectivity index is 0.00000280. The first kappa shape index (κ1) is 21.8. The average Bonchev–Trinajstić information content (AvgIpc) is 3.11. The zero-order valence-electron chi connectivity index (χ0n) is 15.4. The number of aromatic nitrogens is 1. The molecule has 1 aliphatic heterocycles. The summed E-state index contributed by atoms with van der Waals surface area (Å²) in [6.45, 7) is 1.14. The van der Waals surface area contributed by atoms with Crippen LogP contribution in [0, 0.1) is 17.6 Å². The molecular weight excluding hydrogens is 394 g/mol. The lowest BCUT2D eigenvalue weighted by Crippen LogP contribution is -2.54. The van der Waals surface area contributed by atoms with E-state index in [2.05, 4.69) is 15.8 Å². The molecule has 1 aromatic heterocycles. The minimum absolute atomic E-state index is 0. The molecular formula is C18H21ClF2N4O3. The second-order valence-electron chi connectivity index (χ2n) is 6.61. The fourth-order valence-corrected chi connectivity index (χ4v) is 3.06. The Morgan fingerprint density at radius 3 is 2.71 bits per heavy atom. The average molecular weight is 415 g/mol. The minimum atomic E-state index is -0.812. The fraction of sp³-hybridized carbons (Fsp3) is 0.389. The minimum Gasteiger partial charge on any atom is -0.355 e. The summed E-state index contributed by atoms with van der Waals surface area (Å²) in [6, 6.07) is 3.97. The highest BCUT2D eigenvalue weighted by Gasteiger charge is 2.33. The third kappa shape index (κ3) is 4.66. The van der Waals surface area contributed by atoms with Gasteiger partial charge in [-0.15, -0.1) is 12.4 Å². The van der Waals surface area contributed by atoms with Gasteiger partial charge in [0.25, 0.3) is 5.91 Å². The van der Waals surface area contributed by atoms with Gasteiger partial charge in [0.05, 0.1) is 11.5 Å². The van der Waals surface area contributed by atoms with Gasteiger partial charge < -0.3 is 20.1 Å². The van der Waals surface area contributed by atoms with Crippen molar-refractivity contribution in [3.63, 3.8) is 0 Å². The van der Waals surface area contributed by atoms with Gasteiger partial charge in [0, 0.05) is 38.8 Å². The molecule has 28 heavy (non-hydrogen) atoms. The topological polar surface area (TPSA) is 87.5 Å². The van der Waals surface area contributed by atoms with Gasteiger partial charge in [-0.05, 0) is 25.1 Å². The molecule has 10 heteroatoms. The van der Waals surface area contributed by atoms with E-state index in [1.165, 1.54) is 17.0 Å². The van der Waals surface area contributed by atoms with Crippen LogP contribution in [0.25, 0.3) is 11.3 Å². The lowest BCUT2D eigenvalue weighted by atomic mass is 9.92. The first-order chi connectivity index (χ1) is 12.9. The van der Waals surface area contributed by atoms with E-state index in [9.17, 15) is 18.4 Å². The molecule has 2 N–H and O–H groups in total. The van der Waals surface area contributed by atoms with Crippen molar-refractivity contribution in [1.82, 2.24) is 20.7 Å². The number of carbonyl (C=O) groups excluding carboxylic acids is 2. The van der Waals surface area contributed by atoms with E-state index in [1.807, 2.05) is 0 Å². The predicted octanol–water partition coefficient (Wildman–Crippen LogP) is 1.84. The quantitative estimate of drug-likeness (QED) is 0.797. The smallest absolute Gasteiger partial charge is 0.273 e. The number of benzene rings is 1. The van der Waals surface area contributed by atoms with E-state index in [0.29, 0.717) is 19.5 Å². The molecule has 1 aromatic carbocycles. The summed E-state index contributed by atoms with van der Waals surface area (Å²) in [4.78, 5) is 26.3. The molecule has 3 rings (SSSR count). The van der Waals surface area contributed by atoms with E-state index in [-0.39, 0.29) is 41.4 Å². The van der Waals surface area contributed by atoms with Crippen molar-refractivity contribution >= 4 is 24.2 Å². The van der Waals surface area contributed by atoms with Gasteiger partial charge in [0.1, 0.15) is 11.6 Å². The van der Waals surface area contributed by atoms with Gasteiger partial charge in [-0.1, -0.05) is 5.16 Å². The second-order valence-corrected chi connectivity index (χ2v) is 6.61. The van der Waals surface area contributed by atoms with Crippen LogP contribution in [0.1, 0.15) is 16.9 Å². The van der Waals surface area contributed by atoms with Crippen molar-refractivity contribution in [1.29, 1.82) is 0 Å². The van der Waals surface area contributed by atoms with E-state index in [4.69, 9.17) is 4.52 Å². The molecule has 0 spiro atoms. The van der Waals surface area contributed by atoms with E-state index in [0.717, 1.165) is 12.1 Å². The summed E-state index contributed by atoms with van der Waals surface area (Å²) >= 11 is 0. The van der Waals surface area contributed by atoms with Crippen molar-refractivity contribution in [2.24, 2.45) is 5.92 Å². The van der Waals surface area contributed by atoms with Gasteiger partial charge >= 0.3 is 0 Å². The van der Waals surface area contributed by atoms with Crippen LogP contribution in [0.4, 0.5) is 8.78 Å². The summed E-state index contributed by atoms with van der Waals surface area (Å²) < 4.78 is 31.9. The Hall–Kier alpha value is -2.52. The van der Waals surface area contributed by atoms with Gasteiger partial charge in [-0.25, -0.2) is 8.78 Å². The van der Waals surface area contributed by atoms with Crippen LogP contribution in [-0.2, 0) is 4.79 Å². The Kier molecular flexibility index (Phi) is 7.09. The highest BCUT2D eigenvalue weighted by Crippen LogP contribution is 2.24. The molecule has 2 aromatic rings. The normalized spacial score (nSPS) is 18.9. The maximum atomic E-state index is 13.9. The molecule has 7 nitrogen and oxygen atoms in total. The zero-order chi connectivity index (χ0) is 19.6. The van der Waals surface area contributed by atoms with Gasteiger partial charge in [0.15, 0.2) is 11.5 Å². The maximum Gasteiger partial charge on any atom is 0.273 e. The van der Waals surface area contributed by atoms with Crippen LogP contribution in [0.15, 0.2) is 28.8 Å². The molecule has 0 radical (unpaired) electrons. The number of nitrogens with zero attached hydrogens (tertiary/aromatic N) is 2. The van der Waals surface area contributed by atoms with Crippen molar-refractivity contribution < 1.29 is 22.9 Å². The number of rotatable bonds is 4. The Morgan fingerprint density at radius 2 is 2.04 bits per heavy atom. The van der Waals surface area contributed by atoms with Gasteiger partial charge in [0.2, 0.25) is 5.91 Å². The van der Waals surface area contributed by atoms with Crippen molar-refractivity contribution in [3.8, 4) is 11.3 Å². The first-order valence-corrected chi connectivity index (χ1v) is 8.51. The molecule has 0 unspecified atom stereocenters. The fourth-order valence-electron chi connectivity index (χ4n) is 3.06. The lowest BCUT2D eigenvalue weighted by molar-refractivity contribution is -0.134. The number of nitrogens with one attached hydrogen (secondary N) is 2. The molecule has 1 saturated heterocycles. The van der Waals surface area contributed by atoms with Crippen LogP contribution in [-0.4, -0.2) is 55.1 Å². The van der Waals surface area contributed by atoms with Crippen LogP contribution < -0.4 is 10.6 Å². The molecule has 1 fully saturated rings. The summed E-state index contributed by atoms with van der Waals surface area (Å²) in [6.07, 6.45) is 0.591. The highest BCUT2D eigenvalue weighted by molar-refractivity contribution is 5.94. The summed E-state index contributed by atoms with van der Waals surface area (Å²) in [5.41, 5.74) is -0.0335. The standard InChI is InChI=1S/C18H20F2N4O3.ClH/c1-24(2)18(26)12-9-21-6-5-14(12)22-17(25)15-8-16(27-23-15)11-4-3-10(19)7-13(11)20;/h3-4,7-8,12,14,21H,5-6,9H2,1-2H3,(H,22,25);1H/t12-,14-;/m1./s1. The molecule has 0 bridgehead atoms. The monoisotopic (exact) mass is 414 g/mol. The number of hydrogen-bond donors (Lipinski definition) is 2. The van der Waals surface area contributed by atoms with Crippen LogP contribution in [0.5, 0.6) is 0 Å². The number of carbonyl (C=O) groups is 2. The van der Waals surface area contributed by atoms with Crippen LogP contribution in [0.2, 0.25) is 0 Å². The first-order valence-electron chi connectivity index (χ1n) is 8.51. The molecule has 2 amide bonds. The van der Waals surface area contributed by atoms with Crippen molar-refractivity contribution in [2.75, 3.05) is 27.2 Å². The molecule has 1 aliphatic rings. The molecule has 0 aliphatic carbocycles. The molecule has 2 heterocycles. The summed E-state index contributed by atoms with van der Waals surface area (Å²) in [5.74, 6) is -2.50. The molecule has 2 atom stereocenters. The maximum absolute atomic E-state index is 13.9. The van der Waals surface area contributed by atoms with Crippen molar-refractivity contribution in [3.05, 3.63) is 41.6 Å². The number of halogens is 3. The third-order valence-electron chi connectivity index (χ3n) is 4.50. The van der Waals surface area contributed by atoms with Crippen LogP contribution >= 0.6 is 12.4 Å². The largest absolute Gasteiger partial charge is 0.355 e. The van der Waals surface area contributed by atoms with E-state index in [1.54, 1.807) is 14.1 Å². The van der Waals surface area contributed by atoms with Crippen molar-refractivity contribution in [2.45, 2.75) is 12.5 Å². The van der Waals surface area contributed by atoms with Crippen LogP contribution in [0.3, 0.4) is 0 Å². The Labute approximate surface area is 166 Å². The predicted molar refractivity (Wildman–Crippen MR) is 100 cm³/mol. The highest BCUT2D eigenvalue weighted by atomic mass is 35.5. The van der Waals surface area contributed by atoms with E-state index >= 15 is 0 Å². The lowest BCUT2D eigenvalue weighted by Gasteiger charge is -2.33. The van der Waals surface area contributed by atoms with Gasteiger partial charge in [-0.3, -0.25) is 9.59 Å². The SMILES string of the molecule is CN(C)C(=O)[C@@H]1CNCC[C@H]1NC(=O)c1cc(-c2ccc(F)cc2F)on1.Cl. The third-order valence-corrected chi connectivity index (χ3v) is 4.50. The molecule has 0 saturated carbocycles. The summed E-state index contributed by atoms with van der Waals surface area (Å²) in [5, 5.41) is 9.62.